The predicted molar refractivity (Wildman–Crippen MR) is 96.9 cm³/mol. The molecule has 130 valence electrons. The summed E-state index contributed by atoms with van der Waals surface area (Å²) < 4.78 is 33.6. The van der Waals surface area contributed by atoms with Crippen molar-refractivity contribution in [1.82, 2.24) is 4.72 Å². The molecule has 0 saturated heterocycles. The smallest absolute Gasteiger partial charge is 0.240 e. The van der Waals surface area contributed by atoms with Crippen LogP contribution in [-0.2, 0) is 10.0 Å². The Morgan fingerprint density at radius 1 is 0.917 bits per heavy atom. The van der Waals surface area contributed by atoms with Crippen molar-refractivity contribution in [2.45, 2.75) is 55.9 Å². The van der Waals surface area contributed by atoms with Gasteiger partial charge < -0.3 is 4.74 Å². The van der Waals surface area contributed by atoms with Gasteiger partial charge in [0.2, 0.25) is 10.0 Å². The Morgan fingerprint density at radius 3 is 2.25 bits per heavy atom. The molecule has 1 fully saturated rings. The van der Waals surface area contributed by atoms with Crippen molar-refractivity contribution < 1.29 is 13.2 Å². The minimum absolute atomic E-state index is 0.0573. The molecule has 0 heterocycles. The average Bonchev–Trinajstić information content (AvgIpc) is 2.56. The second-order valence-electron chi connectivity index (χ2n) is 6.54. The van der Waals surface area contributed by atoms with Gasteiger partial charge in [0.25, 0.3) is 0 Å². The standard InChI is InChI=1S/C19H25NO3S/c1-23-18-11-9-16-14-19(12-10-15(16)13-18)24(21,22)20-17-7-5-3-2-4-6-8-17/h9-14,17,20H,2-8H2,1H3. The van der Waals surface area contributed by atoms with Crippen molar-refractivity contribution in [1.29, 1.82) is 0 Å². The van der Waals surface area contributed by atoms with Crippen LogP contribution in [0.5, 0.6) is 5.75 Å². The van der Waals surface area contributed by atoms with E-state index in [1.54, 1.807) is 19.2 Å². The molecule has 2 aromatic carbocycles. The van der Waals surface area contributed by atoms with E-state index in [0.29, 0.717) is 4.90 Å². The van der Waals surface area contributed by atoms with Gasteiger partial charge in [0, 0.05) is 6.04 Å². The Bertz CT molecular complexity index is 793. The topological polar surface area (TPSA) is 55.4 Å². The number of ether oxygens (including phenoxy) is 1. The van der Waals surface area contributed by atoms with E-state index in [1.807, 2.05) is 24.3 Å². The van der Waals surface area contributed by atoms with Crippen LogP contribution in [-0.4, -0.2) is 21.6 Å². The number of nitrogens with one attached hydrogen (secondary N) is 1. The molecule has 1 aliphatic carbocycles. The zero-order valence-corrected chi connectivity index (χ0v) is 14.9. The highest BCUT2D eigenvalue weighted by molar-refractivity contribution is 7.89. The Kier molecular flexibility index (Phi) is 5.41. The van der Waals surface area contributed by atoms with E-state index in [1.165, 1.54) is 19.3 Å². The van der Waals surface area contributed by atoms with Crippen molar-refractivity contribution >= 4 is 20.8 Å². The second kappa shape index (κ2) is 7.53. The number of hydrogen-bond donors (Lipinski definition) is 1. The monoisotopic (exact) mass is 347 g/mol. The van der Waals surface area contributed by atoms with Gasteiger partial charge in [-0.2, -0.15) is 0 Å². The van der Waals surface area contributed by atoms with Crippen molar-refractivity contribution in [2.75, 3.05) is 7.11 Å². The summed E-state index contributed by atoms with van der Waals surface area (Å²) in [5, 5.41) is 1.87. The Labute approximate surface area is 144 Å². The lowest BCUT2D eigenvalue weighted by atomic mass is 9.97. The maximum atomic E-state index is 12.7. The lowest BCUT2D eigenvalue weighted by Gasteiger charge is -2.21. The van der Waals surface area contributed by atoms with Crippen LogP contribution in [0.2, 0.25) is 0 Å². The molecule has 0 bridgehead atoms. The minimum Gasteiger partial charge on any atom is -0.497 e. The van der Waals surface area contributed by atoms with Gasteiger partial charge in [0.1, 0.15) is 5.75 Å². The number of benzene rings is 2. The maximum absolute atomic E-state index is 12.7. The van der Waals surface area contributed by atoms with E-state index >= 15 is 0 Å². The first kappa shape index (κ1) is 17.2. The van der Waals surface area contributed by atoms with Crippen molar-refractivity contribution in [3.63, 3.8) is 0 Å². The van der Waals surface area contributed by atoms with Gasteiger partial charge in [0.05, 0.1) is 12.0 Å². The number of sulfonamides is 1. The summed E-state index contributed by atoms with van der Waals surface area (Å²) in [5.74, 6) is 0.769. The van der Waals surface area contributed by atoms with Crippen LogP contribution < -0.4 is 9.46 Å². The predicted octanol–water partition coefficient (Wildman–Crippen LogP) is 4.24. The Morgan fingerprint density at radius 2 is 1.54 bits per heavy atom. The molecule has 0 spiro atoms. The normalized spacial score (nSPS) is 17.4. The summed E-state index contributed by atoms with van der Waals surface area (Å²) in [6.07, 6.45) is 7.75. The molecular formula is C19H25NO3S. The summed E-state index contributed by atoms with van der Waals surface area (Å²) >= 11 is 0. The van der Waals surface area contributed by atoms with Gasteiger partial charge >= 0.3 is 0 Å². The maximum Gasteiger partial charge on any atom is 0.240 e. The molecule has 24 heavy (non-hydrogen) atoms. The first-order chi connectivity index (χ1) is 11.6. The Balaban J connectivity index is 1.81. The van der Waals surface area contributed by atoms with Gasteiger partial charge in [-0.05, 0) is 47.9 Å². The quantitative estimate of drug-likeness (QED) is 0.900. The number of fused-ring (bicyclic) bond motifs is 1. The van der Waals surface area contributed by atoms with Crippen molar-refractivity contribution in [2.24, 2.45) is 0 Å². The first-order valence-corrected chi connectivity index (χ1v) is 10.2. The third-order valence-electron chi connectivity index (χ3n) is 4.76. The fourth-order valence-electron chi connectivity index (χ4n) is 3.36. The molecule has 5 heteroatoms. The third kappa shape index (κ3) is 4.08. The van der Waals surface area contributed by atoms with Crippen molar-refractivity contribution in [3.8, 4) is 5.75 Å². The molecule has 0 aliphatic heterocycles. The molecule has 4 nitrogen and oxygen atoms in total. The molecule has 1 aliphatic rings. The summed E-state index contributed by atoms with van der Waals surface area (Å²) in [5.41, 5.74) is 0. The van der Waals surface area contributed by atoms with Crippen LogP contribution in [0.3, 0.4) is 0 Å². The lowest BCUT2D eigenvalue weighted by Crippen LogP contribution is -2.35. The molecule has 0 unspecified atom stereocenters. The Hall–Kier alpha value is -1.59. The number of hydrogen-bond acceptors (Lipinski definition) is 3. The SMILES string of the molecule is COc1ccc2cc(S(=O)(=O)NC3CCCCCCC3)ccc2c1. The van der Waals surface area contributed by atoms with Crippen LogP contribution in [0.15, 0.2) is 41.3 Å². The fourth-order valence-corrected chi connectivity index (χ4v) is 4.70. The lowest BCUT2D eigenvalue weighted by molar-refractivity contribution is 0.415. The summed E-state index contributed by atoms with van der Waals surface area (Å²) in [7, 11) is -1.85. The van der Waals surface area contributed by atoms with Gasteiger partial charge in [-0.15, -0.1) is 0 Å². The second-order valence-corrected chi connectivity index (χ2v) is 8.25. The highest BCUT2D eigenvalue weighted by Crippen LogP contribution is 2.25. The molecular weight excluding hydrogens is 322 g/mol. The van der Waals surface area contributed by atoms with Gasteiger partial charge in [-0.3, -0.25) is 0 Å². The van der Waals surface area contributed by atoms with E-state index < -0.39 is 10.0 Å². The molecule has 2 aromatic rings. The largest absolute Gasteiger partial charge is 0.497 e. The van der Waals surface area contributed by atoms with Crippen LogP contribution in [0.4, 0.5) is 0 Å². The molecule has 1 saturated carbocycles. The summed E-state index contributed by atoms with van der Waals surface area (Å²) in [6, 6.07) is 11.0. The highest BCUT2D eigenvalue weighted by atomic mass is 32.2. The van der Waals surface area contributed by atoms with E-state index in [0.717, 1.165) is 42.2 Å². The van der Waals surface area contributed by atoms with Gasteiger partial charge in [-0.25, -0.2) is 13.1 Å². The molecule has 0 radical (unpaired) electrons. The van der Waals surface area contributed by atoms with Crippen molar-refractivity contribution in [3.05, 3.63) is 36.4 Å². The number of methoxy groups -OCH3 is 1. The van der Waals surface area contributed by atoms with E-state index in [-0.39, 0.29) is 6.04 Å². The summed E-state index contributed by atoms with van der Waals surface area (Å²) in [6.45, 7) is 0. The van der Waals surface area contributed by atoms with E-state index in [9.17, 15) is 8.42 Å². The molecule has 0 atom stereocenters. The molecule has 0 aromatic heterocycles. The van der Waals surface area contributed by atoms with Crippen LogP contribution in [0.25, 0.3) is 10.8 Å². The number of rotatable bonds is 4. The van der Waals surface area contributed by atoms with Crippen LogP contribution in [0, 0.1) is 0 Å². The first-order valence-electron chi connectivity index (χ1n) is 8.69. The zero-order valence-electron chi connectivity index (χ0n) is 14.1. The fraction of sp³-hybridized carbons (Fsp3) is 0.474. The zero-order chi connectivity index (χ0) is 17.0. The van der Waals surface area contributed by atoms with Crippen LogP contribution in [0.1, 0.15) is 44.9 Å². The molecule has 3 rings (SSSR count). The van der Waals surface area contributed by atoms with Gasteiger partial charge in [0.15, 0.2) is 0 Å². The van der Waals surface area contributed by atoms with Crippen LogP contribution >= 0.6 is 0 Å². The highest BCUT2D eigenvalue weighted by Gasteiger charge is 2.21. The van der Waals surface area contributed by atoms with E-state index in [2.05, 4.69) is 4.72 Å². The minimum atomic E-state index is -3.48. The van der Waals surface area contributed by atoms with E-state index in [4.69, 9.17) is 4.74 Å². The molecule has 1 N–H and O–H groups in total. The molecule has 0 amide bonds. The third-order valence-corrected chi connectivity index (χ3v) is 6.27. The van der Waals surface area contributed by atoms with Gasteiger partial charge in [-0.1, -0.05) is 44.2 Å². The average molecular weight is 347 g/mol. The summed E-state index contributed by atoms with van der Waals surface area (Å²) in [4.78, 5) is 0.335.